The zero-order valence-electron chi connectivity index (χ0n) is 12.1. The third kappa shape index (κ3) is 5.82. The Labute approximate surface area is 129 Å². The van der Waals surface area contributed by atoms with Crippen LogP contribution in [0.25, 0.3) is 0 Å². The van der Waals surface area contributed by atoms with Crippen molar-refractivity contribution in [2.45, 2.75) is 31.7 Å². The van der Waals surface area contributed by atoms with Gasteiger partial charge in [0.1, 0.15) is 11.8 Å². The number of amides is 1. The predicted molar refractivity (Wildman–Crippen MR) is 80.1 cm³/mol. The highest BCUT2D eigenvalue weighted by Gasteiger charge is 2.29. The molecular formula is C14H19NO6S. The second-order valence-corrected chi connectivity index (χ2v) is 6.40. The van der Waals surface area contributed by atoms with Crippen LogP contribution in [0.3, 0.4) is 0 Å². The molecule has 1 amide bonds. The maximum atomic E-state index is 12.3. The van der Waals surface area contributed by atoms with Crippen LogP contribution in [0.15, 0.2) is 30.3 Å². The normalized spacial score (nSPS) is 14.1. The molecule has 1 aromatic carbocycles. The Morgan fingerprint density at radius 2 is 1.82 bits per heavy atom. The van der Waals surface area contributed by atoms with Gasteiger partial charge in [-0.05, 0) is 12.0 Å². The van der Waals surface area contributed by atoms with Crippen molar-refractivity contribution in [1.82, 2.24) is 5.32 Å². The first kappa shape index (κ1) is 18.1. The van der Waals surface area contributed by atoms with E-state index in [0.717, 1.165) is 5.56 Å². The Morgan fingerprint density at radius 1 is 1.23 bits per heavy atom. The number of hydrogen-bond acceptors (Lipinski definition) is 4. The number of hydrogen-bond donors (Lipinski definition) is 3. The summed E-state index contributed by atoms with van der Waals surface area (Å²) in [7, 11) is -4.51. The lowest BCUT2D eigenvalue weighted by atomic mass is 9.93. The van der Waals surface area contributed by atoms with Crippen molar-refractivity contribution in [1.29, 1.82) is 0 Å². The number of aliphatic carboxylic acids is 1. The number of carboxylic acids is 1. The second kappa shape index (κ2) is 7.90. The smallest absolute Gasteiger partial charge is 0.327 e. The van der Waals surface area contributed by atoms with E-state index in [2.05, 4.69) is 5.32 Å². The third-order valence-corrected chi connectivity index (χ3v) is 3.84. The van der Waals surface area contributed by atoms with Gasteiger partial charge in [-0.1, -0.05) is 43.7 Å². The molecule has 0 heterocycles. The average molecular weight is 329 g/mol. The van der Waals surface area contributed by atoms with Crippen molar-refractivity contribution in [3.05, 3.63) is 35.9 Å². The maximum absolute atomic E-state index is 12.3. The largest absolute Gasteiger partial charge is 0.480 e. The van der Waals surface area contributed by atoms with E-state index in [0.29, 0.717) is 12.8 Å². The van der Waals surface area contributed by atoms with Gasteiger partial charge in [-0.25, -0.2) is 4.79 Å². The quantitative estimate of drug-likeness (QED) is 0.613. The minimum absolute atomic E-state index is 0.494. The fourth-order valence-electron chi connectivity index (χ4n) is 2.08. The van der Waals surface area contributed by atoms with E-state index < -0.39 is 39.7 Å². The van der Waals surface area contributed by atoms with E-state index in [4.69, 9.17) is 9.66 Å². The van der Waals surface area contributed by atoms with Gasteiger partial charge < -0.3 is 10.4 Å². The van der Waals surface area contributed by atoms with Crippen LogP contribution < -0.4 is 5.32 Å². The van der Waals surface area contributed by atoms with Crippen LogP contribution in [0.1, 0.15) is 31.2 Å². The number of rotatable bonds is 8. The lowest BCUT2D eigenvalue weighted by molar-refractivity contribution is -0.141. The van der Waals surface area contributed by atoms with Gasteiger partial charge in [-0.15, -0.1) is 0 Å². The molecule has 0 bridgehead atoms. The molecular weight excluding hydrogens is 310 g/mol. The SMILES string of the molecule is CCCC(C(=O)NC(CS(=O)(=O)O)C(=O)O)c1ccccc1. The van der Waals surface area contributed by atoms with Crippen molar-refractivity contribution >= 4 is 22.0 Å². The van der Waals surface area contributed by atoms with Crippen molar-refractivity contribution in [3.8, 4) is 0 Å². The molecule has 22 heavy (non-hydrogen) atoms. The Kier molecular flexibility index (Phi) is 6.51. The number of carboxylic acid groups (broad SMARTS) is 1. The molecule has 0 saturated carbocycles. The number of carbonyl (C=O) groups excluding carboxylic acids is 1. The molecule has 0 radical (unpaired) electrons. The fourth-order valence-corrected chi connectivity index (χ4v) is 2.73. The summed E-state index contributed by atoms with van der Waals surface area (Å²) in [4.78, 5) is 23.3. The first-order valence-corrected chi connectivity index (χ1v) is 8.38. The van der Waals surface area contributed by atoms with Crippen LogP contribution in [-0.2, 0) is 19.7 Å². The van der Waals surface area contributed by atoms with Gasteiger partial charge in [0, 0.05) is 0 Å². The summed E-state index contributed by atoms with van der Waals surface area (Å²) in [5.74, 6) is -3.74. The molecule has 3 N–H and O–H groups in total. The lowest BCUT2D eigenvalue weighted by Crippen LogP contribution is -2.47. The minimum Gasteiger partial charge on any atom is -0.480 e. The molecule has 122 valence electrons. The molecule has 0 spiro atoms. The van der Waals surface area contributed by atoms with E-state index in [1.165, 1.54) is 0 Å². The fraction of sp³-hybridized carbons (Fsp3) is 0.429. The molecule has 2 atom stereocenters. The van der Waals surface area contributed by atoms with E-state index in [9.17, 15) is 18.0 Å². The van der Waals surface area contributed by atoms with E-state index in [1.807, 2.05) is 6.92 Å². The molecule has 1 aromatic rings. The Morgan fingerprint density at radius 3 is 2.27 bits per heavy atom. The number of nitrogens with one attached hydrogen (secondary N) is 1. The van der Waals surface area contributed by atoms with Crippen molar-refractivity contribution in [2.75, 3.05) is 5.75 Å². The van der Waals surface area contributed by atoms with Gasteiger partial charge in [-0.2, -0.15) is 8.42 Å². The zero-order chi connectivity index (χ0) is 16.8. The van der Waals surface area contributed by atoms with Crippen LogP contribution in [0.5, 0.6) is 0 Å². The van der Waals surface area contributed by atoms with Crippen LogP contribution in [0, 0.1) is 0 Å². The summed E-state index contributed by atoms with van der Waals surface area (Å²) in [6.07, 6.45) is 1.19. The average Bonchev–Trinajstić information content (AvgIpc) is 2.43. The standard InChI is InChI=1S/C14H19NO6S/c1-2-6-11(10-7-4-3-5-8-10)13(16)15-12(14(17)18)9-22(19,20)21/h3-5,7-8,11-12H,2,6,9H2,1H3,(H,15,16)(H,17,18)(H,19,20,21). The van der Waals surface area contributed by atoms with Crippen molar-refractivity contribution in [3.63, 3.8) is 0 Å². The molecule has 8 heteroatoms. The highest BCUT2D eigenvalue weighted by atomic mass is 32.2. The summed E-state index contributed by atoms with van der Waals surface area (Å²) < 4.78 is 30.4. The van der Waals surface area contributed by atoms with Gasteiger partial charge in [0.05, 0.1) is 5.92 Å². The molecule has 0 aliphatic rings. The minimum atomic E-state index is -4.51. The number of carbonyl (C=O) groups is 2. The Bertz CT molecular complexity index is 613. The van der Waals surface area contributed by atoms with Gasteiger partial charge in [0.25, 0.3) is 10.1 Å². The Balaban J connectivity index is 2.92. The molecule has 2 unspecified atom stereocenters. The van der Waals surface area contributed by atoms with Gasteiger partial charge in [-0.3, -0.25) is 9.35 Å². The summed E-state index contributed by atoms with van der Waals surface area (Å²) in [5, 5.41) is 11.2. The molecule has 0 aliphatic heterocycles. The van der Waals surface area contributed by atoms with Crippen LogP contribution in [-0.4, -0.2) is 41.7 Å². The van der Waals surface area contributed by atoms with E-state index >= 15 is 0 Å². The summed E-state index contributed by atoms with van der Waals surface area (Å²) in [5.41, 5.74) is 0.720. The molecule has 0 fully saturated rings. The first-order valence-electron chi connectivity index (χ1n) is 6.78. The topological polar surface area (TPSA) is 121 Å². The monoisotopic (exact) mass is 329 g/mol. The molecule has 1 rings (SSSR count). The van der Waals surface area contributed by atoms with Gasteiger partial charge in [0.2, 0.25) is 5.91 Å². The van der Waals surface area contributed by atoms with Gasteiger partial charge in [0.15, 0.2) is 0 Å². The lowest BCUT2D eigenvalue weighted by Gasteiger charge is -2.19. The van der Waals surface area contributed by atoms with Crippen molar-refractivity contribution in [2.24, 2.45) is 0 Å². The summed E-state index contributed by atoms with van der Waals surface area (Å²) >= 11 is 0. The van der Waals surface area contributed by atoms with E-state index in [1.54, 1.807) is 30.3 Å². The first-order chi connectivity index (χ1) is 10.2. The molecule has 0 aromatic heterocycles. The van der Waals surface area contributed by atoms with Crippen molar-refractivity contribution < 1.29 is 27.7 Å². The van der Waals surface area contributed by atoms with Crippen LogP contribution in [0.2, 0.25) is 0 Å². The molecule has 0 aliphatic carbocycles. The zero-order valence-corrected chi connectivity index (χ0v) is 12.9. The maximum Gasteiger partial charge on any atom is 0.327 e. The second-order valence-electron chi connectivity index (χ2n) is 4.90. The summed E-state index contributed by atoms with van der Waals surface area (Å²) in [6, 6.07) is 7.13. The highest BCUT2D eigenvalue weighted by Crippen LogP contribution is 2.21. The van der Waals surface area contributed by atoms with E-state index in [-0.39, 0.29) is 0 Å². The third-order valence-electron chi connectivity index (χ3n) is 3.09. The highest BCUT2D eigenvalue weighted by molar-refractivity contribution is 7.85. The molecule has 7 nitrogen and oxygen atoms in total. The summed E-state index contributed by atoms with van der Waals surface area (Å²) in [6.45, 7) is 1.89. The van der Waals surface area contributed by atoms with Gasteiger partial charge >= 0.3 is 5.97 Å². The van der Waals surface area contributed by atoms with Crippen LogP contribution >= 0.6 is 0 Å². The number of benzene rings is 1. The molecule has 0 saturated heterocycles. The Hall–Kier alpha value is -1.93. The predicted octanol–water partition coefficient (Wildman–Crippen LogP) is 1.03. The van der Waals surface area contributed by atoms with Crippen LogP contribution in [0.4, 0.5) is 0 Å².